The Hall–Kier alpha value is -0.910. The number of likely N-dealkylation sites (tertiary alicyclic amines) is 1. The fraction of sp³-hybridized carbons (Fsp3) is 0.682. The summed E-state index contributed by atoms with van der Waals surface area (Å²) >= 11 is 0. The molecule has 0 aliphatic carbocycles. The van der Waals surface area contributed by atoms with Crippen molar-refractivity contribution >= 4 is 40.0 Å². The Labute approximate surface area is 206 Å². The predicted molar refractivity (Wildman–Crippen MR) is 141 cm³/mol. The van der Waals surface area contributed by atoms with E-state index in [9.17, 15) is 8.42 Å². The van der Waals surface area contributed by atoms with Crippen LogP contribution in [0.15, 0.2) is 29.3 Å². The van der Waals surface area contributed by atoms with E-state index < -0.39 is 10.0 Å². The van der Waals surface area contributed by atoms with Gasteiger partial charge in [0.05, 0.1) is 12.3 Å². The third-order valence-corrected chi connectivity index (χ3v) is 7.65. The second kappa shape index (κ2) is 14.3. The lowest BCUT2D eigenvalue weighted by molar-refractivity contribution is 0.198. The summed E-state index contributed by atoms with van der Waals surface area (Å²) < 4.78 is 26.2. The van der Waals surface area contributed by atoms with Gasteiger partial charge in [0, 0.05) is 45.3 Å². The molecule has 31 heavy (non-hydrogen) atoms. The molecule has 2 N–H and O–H groups in total. The number of hydrogen-bond donors (Lipinski definition) is 2. The minimum Gasteiger partial charge on any atom is -0.357 e. The Morgan fingerprint density at radius 1 is 1.16 bits per heavy atom. The summed E-state index contributed by atoms with van der Waals surface area (Å²) in [5.74, 6) is 0.754. The first-order chi connectivity index (χ1) is 14.4. The van der Waals surface area contributed by atoms with Gasteiger partial charge in [-0.15, -0.1) is 24.0 Å². The zero-order valence-electron chi connectivity index (χ0n) is 19.4. The minimum atomic E-state index is -3.24. The number of halogens is 1. The van der Waals surface area contributed by atoms with E-state index >= 15 is 0 Å². The zero-order chi connectivity index (χ0) is 22.0. The molecule has 1 fully saturated rings. The van der Waals surface area contributed by atoms with Gasteiger partial charge in [0.15, 0.2) is 5.96 Å². The van der Waals surface area contributed by atoms with Crippen molar-refractivity contribution in [2.24, 2.45) is 4.99 Å². The van der Waals surface area contributed by atoms with E-state index in [0.717, 1.165) is 39.0 Å². The van der Waals surface area contributed by atoms with Crippen LogP contribution in [0.5, 0.6) is 0 Å². The molecule has 1 saturated heterocycles. The van der Waals surface area contributed by atoms with Crippen LogP contribution >= 0.6 is 24.0 Å². The maximum Gasteiger partial charge on any atom is 0.215 e. The van der Waals surface area contributed by atoms with Crippen LogP contribution in [0.1, 0.15) is 44.7 Å². The van der Waals surface area contributed by atoms with Gasteiger partial charge in [-0.25, -0.2) is 12.7 Å². The molecule has 1 aliphatic rings. The highest BCUT2D eigenvalue weighted by Crippen LogP contribution is 2.16. The molecule has 1 aliphatic heterocycles. The van der Waals surface area contributed by atoms with Gasteiger partial charge in [0.1, 0.15) is 0 Å². The van der Waals surface area contributed by atoms with E-state index in [-0.39, 0.29) is 36.3 Å². The molecule has 1 heterocycles. The van der Waals surface area contributed by atoms with Crippen molar-refractivity contribution in [1.82, 2.24) is 19.8 Å². The maximum atomic E-state index is 12.3. The molecule has 1 aromatic rings. The molecule has 0 unspecified atom stereocenters. The van der Waals surface area contributed by atoms with Gasteiger partial charge in [-0.2, -0.15) is 0 Å². The number of hydrogen-bond acceptors (Lipinski definition) is 4. The van der Waals surface area contributed by atoms with E-state index in [1.54, 1.807) is 0 Å². The first-order valence-electron chi connectivity index (χ1n) is 11.2. The lowest BCUT2D eigenvalue weighted by Crippen LogP contribution is -2.48. The van der Waals surface area contributed by atoms with Gasteiger partial charge in [0.2, 0.25) is 10.0 Å². The molecule has 0 amide bonds. The molecule has 0 aromatic heterocycles. The number of nitrogens with zero attached hydrogens (tertiary/aromatic N) is 3. The normalized spacial score (nSPS) is 16.2. The lowest BCUT2D eigenvalue weighted by Gasteiger charge is -2.33. The van der Waals surface area contributed by atoms with Crippen LogP contribution in [-0.2, 0) is 16.6 Å². The molecule has 0 bridgehead atoms. The summed E-state index contributed by atoms with van der Waals surface area (Å²) in [5, 5.41) is 6.75. The molecule has 9 heteroatoms. The highest BCUT2D eigenvalue weighted by atomic mass is 127. The number of piperidine rings is 1. The average molecular weight is 566 g/mol. The van der Waals surface area contributed by atoms with Crippen molar-refractivity contribution < 1.29 is 8.42 Å². The lowest BCUT2D eigenvalue weighted by atomic mass is 10.0. The van der Waals surface area contributed by atoms with Crippen molar-refractivity contribution in [3.05, 3.63) is 35.4 Å². The van der Waals surface area contributed by atoms with Crippen LogP contribution in [0, 0.1) is 6.92 Å². The molecule has 2 rings (SSSR count). The molecule has 1 aromatic carbocycles. The summed E-state index contributed by atoms with van der Waals surface area (Å²) in [4.78, 5) is 7.02. The third kappa shape index (κ3) is 9.23. The van der Waals surface area contributed by atoms with Crippen molar-refractivity contribution in [3.8, 4) is 0 Å². The topological polar surface area (TPSA) is 77.0 Å². The van der Waals surface area contributed by atoms with E-state index in [1.165, 1.54) is 15.4 Å². The summed E-state index contributed by atoms with van der Waals surface area (Å²) in [7, 11) is -3.24. The number of rotatable bonds is 10. The van der Waals surface area contributed by atoms with Crippen molar-refractivity contribution in [2.75, 3.05) is 45.0 Å². The first kappa shape index (κ1) is 28.1. The predicted octanol–water partition coefficient (Wildman–Crippen LogP) is 2.80. The first-order valence-corrected chi connectivity index (χ1v) is 12.8. The number of aliphatic imine (C=N–C) groups is 1. The van der Waals surface area contributed by atoms with Gasteiger partial charge in [-0.1, -0.05) is 38.1 Å². The van der Waals surface area contributed by atoms with Gasteiger partial charge < -0.3 is 10.6 Å². The van der Waals surface area contributed by atoms with Gasteiger partial charge in [0.25, 0.3) is 0 Å². The van der Waals surface area contributed by atoms with Gasteiger partial charge in [-0.05, 0) is 37.8 Å². The number of sulfonamides is 1. The Bertz CT molecular complexity index is 776. The Kier molecular flexibility index (Phi) is 13.0. The molecule has 0 saturated carbocycles. The molecular formula is C22H40IN5O2S. The van der Waals surface area contributed by atoms with Crippen LogP contribution < -0.4 is 10.6 Å². The fourth-order valence-electron chi connectivity index (χ4n) is 3.80. The van der Waals surface area contributed by atoms with Gasteiger partial charge >= 0.3 is 0 Å². The van der Waals surface area contributed by atoms with Crippen LogP contribution in [0.4, 0.5) is 0 Å². The Morgan fingerprint density at radius 3 is 2.39 bits per heavy atom. The van der Waals surface area contributed by atoms with E-state index in [4.69, 9.17) is 0 Å². The maximum absolute atomic E-state index is 12.3. The molecule has 0 radical (unpaired) electrons. The zero-order valence-corrected chi connectivity index (χ0v) is 22.6. The van der Waals surface area contributed by atoms with Crippen LogP contribution in [-0.4, -0.2) is 74.6 Å². The van der Waals surface area contributed by atoms with Crippen molar-refractivity contribution in [2.45, 2.75) is 53.1 Å². The van der Waals surface area contributed by atoms with Crippen LogP contribution in [0.3, 0.4) is 0 Å². The largest absolute Gasteiger partial charge is 0.357 e. The van der Waals surface area contributed by atoms with Crippen LogP contribution in [0.2, 0.25) is 0 Å². The minimum absolute atomic E-state index is 0. The molecule has 0 atom stereocenters. The van der Waals surface area contributed by atoms with Crippen molar-refractivity contribution in [1.29, 1.82) is 0 Å². The molecule has 178 valence electrons. The highest BCUT2D eigenvalue weighted by molar-refractivity contribution is 14.0. The smallest absolute Gasteiger partial charge is 0.215 e. The monoisotopic (exact) mass is 565 g/mol. The summed E-state index contributed by atoms with van der Waals surface area (Å²) in [5.41, 5.74) is 2.74. The average Bonchev–Trinajstić information content (AvgIpc) is 2.72. The quantitative estimate of drug-likeness (QED) is 0.259. The van der Waals surface area contributed by atoms with Crippen LogP contribution in [0.25, 0.3) is 0 Å². The van der Waals surface area contributed by atoms with E-state index in [2.05, 4.69) is 51.7 Å². The van der Waals surface area contributed by atoms with E-state index in [0.29, 0.717) is 25.1 Å². The Morgan fingerprint density at radius 2 is 1.81 bits per heavy atom. The Balaban J connectivity index is 0.00000480. The second-order valence-electron chi connectivity index (χ2n) is 7.78. The SMILES string of the molecule is CCNC(=NCCS(=O)(=O)N(CC)CC)NC1CCN(Cc2ccccc2C)CC1.I. The van der Waals surface area contributed by atoms with Crippen molar-refractivity contribution in [3.63, 3.8) is 0 Å². The fourth-order valence-corrected chi connectivity index (χ4v) is 5.16. The summed E-state index contributed by atoms with van der Waals surface area (Å²) in [6.45, 7) is 13.0. The standard InChI is InChI=1S/C22H39N5O2S.HI/c1-5-23-22(24-14-17-30(28,29)27(6-2)7-3)25-21-12-15-26(16-13-21)18-20-11-9-8-10-19(20)4;/h8-11,21H,5-7,12-18H2,1-4H3,(H2,23,24,25);1H. The molecule has 0 spiro atoms. The number of aryl methyl sites for hydroxylation is 1. The third-order valence-electron chi connectivity index (χ3n) is 5.65. The summed E-state index contributed by atoms with van der Waals surface area (Å²) in [6, 6.07) is 8.93. The highest BCUT2D eigenvalue weighted by Gasteiger charge is 2.21. The molecule has 7 nitrogen and oxygen atoms in total. The number of guanidine groups is 1. The second-order valence-corrected chi connectivity index (χ2v) is 9.87. The van der Waals surface area contributed by atoms with Gasteiger partial charge in [-0.3, -0.25) is 9.89 Å². The summed E-state index contributed by atoms with van der Waals surface area (Å²) in [6.07, 6.45) is 2.10. The molecular weight excluding hydrogens is 525 g/mol. The number of benzene rings is 1. The number of nitrogens with one attached hydrogen (secondary N) is 2. The van der Waals surface area contributed by atoms with E-state index in [1.807, 2.05) is 20.8 Å².